The number of nitrogens with two attached hydrogens (primary N) is 1. The van der Waals surface area contributed by atoms with Gasteiger partial charge in [-0.05, 0) is 32.6 Å². The monoisotopic (exact) mass is 242 g/mol. The molecule has 0 heterocycles. The van der Waals surface area contributed by atoms with E-state index in [2.05, 4.69) is 26.2 Å². The molecular weight excluding hydrogens is 212 g/mol. The van der Waals surface area contributed by atoms with Gasteiger partial charge in [0.25, 0.3) is 0 Å². The zero-order valence-corrected chi connectivity index (χ0v) is 11.8. The smallest absolute Gasteiger partial charge is 0.0817 e. The van der Waals surface area contributed by atoms with E-state index in [-0.39, 0.29) is 11.6 Å². The molecule has 3 nitrogen and oxygen atoms in total. The Balaban J connectivity index is 2.55. The summed E-state index contributed by atoms with van der Waals surface area (Å²) in [5, 5.41) is 0. The molecule has 0 aromatic rings. The Morgan fingerprint density at radius 3 is 2.41 bits per heavy atom. The van der Waals surface area contributed by atoms with Gasteiger partial charge in [0.2, 0.25) is 0 Å². The van der Waals surface area contributed by atoms with Crippen LogP contribution in [0.3, 0.4) is 0 Å². The Bertz CT molecular complexity index is 204. The van der Waals surface area contributed by atoms with Gasteiger partial charge in [-0.25, -0.2) is 0 Å². The SMILES string of the molecule is CCOC(C)(CC)C(CC1CCCCC1)NN. The van der Waals surface area contributed by atoms with Crippen molar-refractivity contribution in [1.29, 1.82) is 0 Å². The second-order valence-corrected chi connectivity index (χ2v) is 5.56. The fraction of sp³-hybridized carbons (Fsp3) is 1.00. The molecule has 3 N–H and O–H groups in total. The highest BCUT2D eigenvalue weighted by atomic mass is 16.5. The normalized spacial score (nSPS) is 23.3. The fourth-order valence-electron chi connectivity index (χ4n) is 3.03. The van der Waals surface area contributed by atoms with Gasteiger partial charge in [0, 0.05) is 6.61 Å². The lowest BCUT2D eigenvalue weighted by Gasteiger charge is -2.38. The van der Waals surface area contributed by atoms with Gasteiger partial charge in [0.05, 0.1) is 11.6 Å². The quantitative estimate of drug-likeness (QED) is 0.533. The van der Waals surface area contributed by atoms with Crippen LogP contribution in [0.4, 0.5) is 0 Å². The molecule has 0 aromatic heterocycles. The predicted molar refractivity (Wildman–Crippen MR) is 72.6 cm³/mol. The fourth-order valence-corrected chi connectivity index (χ4v) is 3.03. The van der Waals surface area contributed by atoms with Gasteiger partial charge in [-0.1, -0.05) is 39.0 Å². The molecule has 0 aliphatic heterocycles. The van der Waals surface area contributed by atoms with Crippen molar-refractivity contribution in [1.82, 2.24) is 5.43 Å². The number of ether oxygens (including phenoxy) is 1. The van der Waals surface area contributed by atoms with Crippen LogP contribution in [0.2, 0.25) is 0 Å². The molecule has 0 aromatic carbocycles. The third-order valence-corrected chi connectivity index (χ3v) is 4.41. The maximum Gasteiger partial charge on any atom is 0.0817 e. The lowest BCUT2D eigenvalue weighted by Crippen LogP contribution is -2.53. The van der Waals surface area contributed by atoms with Gasteiger partial charge in [-0.3, -0.25) is 11.3 Å². The second-order valence-electron chi connectivity index (χ2n) is 5.56. The molecule has 17 heavy (non-hydrogen) atoms. The van der Waals surface area contributed by atoms with E-state index in [4.69, 9.17) is 10.6 Å². The minimum Gasteiger partial charge on any atom is -0.374 e. The minimum atomic E-state index is -0.124. The molecule has 1 fully saturated rings. The summed E-state index contributed by atoms with van der Waals surface area (Å²) in [6.45, 7) is 7.18. The summed E-state index contributed by atoms with van der Waals surface area (Å²) >= 11 is 0. The van der Waals surface area contributed by atoms with Gasteiger partial charge in [0.1, 0.15) is 0 Å². The van der Waals surface area contributed by atoms with Crippen molar-refractivity contribution in [2.24, 2.45) is 11.8 Å². The van der Waals surface area contributed by atoms with Crippen LogP contribution in [0.15, 0.2) is 0 Å². The lowest BCUT2D eigenvalue weighted by atomic mass is 9.80. The van der Waals surface area contributed by atoms with E-state index >= 15 is 0 Å². The van der Waals surface area contributed by atoms with E-state index < -0.39 is 0 Å². The van der Waals surface area contributed by atoms with Crippen molar-refractivity contribution in [3.05, 3.63) is 0 Å². The molecule has 102 valence electrons. The van der Waals surface area contributed by atoms with E-state index in [1.165, 1.54) is 32.1 Å². The van der Waals surface area contributed by atoms with Crippen LogP contribution < -0.4 is 11.3 Å². The summed E-state index contributed by atoms with van der Waals surface area (Å²) in [4.78, 5) is 0. The number of hydrazine groups is 1. The Kier molecular flexibility index (Phi) is 6.45. The first-order valence-electron chi connectivity index (χ1n) is 7.26. The van der Waals surface area contributed by atoms with E-state index in [0.717, 1.165) is 25.4 Å². The molecule has 0 bridgehead atoms. The first-order valence-corrected chi connectivity index (χ1v) is 7.26. The highest BCUT2D eigenvalue weighted by Gasteiger charge is 2.34. The molecule has 1 aliphatic rings. The minimum absolute atomic E-state index is 0.124. The van der Waals surface area contributed by atoms with Gasteiger partial charge < -0.3 is 4.74 Å². The molecule has 0 saturated heterocycles. The van der Waals surface area contributed by atoms with Crippen molar-refractivity contribution in [2.45, 2.75) is 77.4 Å². The Morgan fingerprint density at radius 1 is 1.29 bits per heavy atom. The van der Waals surface area contributed by atoms with Crippen LogP contribution in [-0.2, 0) is 4.74 Å². The molecule has 1 rings (SSSR count). The second kappa shape index (κ2) is 7.34. The average Bonchev–Trinajstić information content (AvgIpc) is 2.37. The molecule has 0 amide bonds. The zero-order chi connectivity index (χ0) is 12.7. The largest absolute Gasteiger partial charge is 0.374 e. The standard InChI is InChI=1S/C14H30N2O/c1-4-14(3,17-5-2)13(16-15)11-12-9-7-6-8-10-12/h12-13,16H,4-11,15H2,1-3H3. The Hall–Kier alpha value is -0.120. The summed E-state index contributed by atoms with van der Waals surface area (Å²) in [7, 11) is 0. The number of rotatable bonds is 7. The molecule has 2 unspecified atom stereocenters. The lowest BCUT2D eigenvalue weighted by molar-refractivity contribution is -0.0613. The van der Waals surface area contributed by atoms with Crippen molar-refractivity contribution >= 4 is 0 Å². The first kappa shape index (κ1) is 14.9. The highest BCUT2D eigenvalue weighted by Crippen LogP contribution is 2.31. The van der Waals surface area contributed by atoms with Crippen molar-refractivity contribution < 1.29 is 4.74 Å². The molecule has 0 radical (unpaired) electrons. The van der Waals surface area contributed by atoms with Gasteiger partial charge in [0.15, 0.2) is 0 Å². The summed E-state index contributed by atoms with van der Waals surface area (Å²) in [6.07, 6.45) is 9.07. The number of hydrogen-bond acceptors (Lipinski definition) is 3. The van der Waals surface area contributed by atoms with Gasteiger partial charge in [-0.15, -0.1) is 0 Å². The molecule has 2 atom stereocenters. The van der Waals surface area contributed by atoms with Crippen LogP contribution in [0.5, 0.6) is 0 Å². The van der Waals surface area contributed by atoms with Gasteiger partial charge in [-0.2, -0.15) is 0 Å². The Morgan fingerprint density at radius 2 is 1.94 bits per heavy atom. The van der Waals surface area contributed by atoms with Crippen LogP contribution >= 0.6 is 0 Å². The van der Waals surface area contributed by atoms with E-state index in [1.807, 2.05) is 0 Å². The van der Waals surface area contributed by atoms with E-state index in [9.17, 15) is 0 Å². The summed E-state index contributed by atoms with van der Waals surface area (Å²) in [5.74, 6) is 6.58. The molecule has 3 heteroatoms. The maximum absolute atomic E-state index is 5.93. The van der Waals surface area contributed by atoms with Crippen LogP contribution in [0.1, 0.15) is 65.7 Å². The topological polar surface area (TPSA) is 47.3 Å². The molecular formula is C14H30N2O. The average molecular weight is 242 g/mol. The predicted octanol–water partition coefficient (Wildman–Crippen LogP) is 2.99. The van der Waals surface area contributed by atoms with Crippen molar-refractivity contribution in [3.63, 3.8) is 0 Å². The summed E-state index contributed by atoms with van der Waals surface area (Å²) < 4.78 is 5.93. The molecule has 0 spiro atoms. The Labute approximate surface area is 106 Å². The third kappa shape index (κ3) is 4.23. The van der Waals surface area contributed by atoms with E-state index in [0.29, 0.717) is 0 Å². The summed E-state index contributed by atoms with van der Waals surface area (Å²) in [5.41, 5.74) is 2.88. The third-order valence-electron chi connectivity index (χ3n) is 4.41. The zero-order valence-electron chi connectivity index (χ0n) is 11.8. The van der Waals surface area contributed by atoms with Crippen molar-refractivity contribution in [3.8, 4) is 0 Å². The summed E-state index contributed by atoms with van der Waals surface area (Å²) in [6, 6.07) is 0.274. The van der Waals surface area contributed by atoms with Crippen molar-refractivity contribution in [2.75, 3.05) is 6.61 Å². The van der Waals surface area contributed by atoms with Crippen LogP contribution in [-0.4, -0.2) is 18.2 Å². The number of nitrogens with one attached hydrogen (secondary N) is 1. The first-order chi connectivity index (χ1) is 8.16. The highest BCUT2D eigenvalue weighted by molar-refractivity contribution is 4.89. The van der Waals surface area contributed by atoms with E-state index in [1.54, 1.807) is 0 Å². The van der Waals surface area contributed by atoms with Crippen LogP contribution in [0, 0.1) is 5.92 Å². The molecule has 1 saturated carbocycles. The number of hydrogen-bond donors (Lipinski definition) is 2. The van der Waals surface area contributed by atoms with Gasteiger partial charge >= 0.3 is 0 Å². The maximum atomic E-state index is 5.93. The van der Waals surface area contributed by atoms with Crippen LogP contribution in [0.25, 0.3) is 0 Å². The molecule has 1 aliphatic carbocycles.